The van der Waals surface area contributed by atoms with Crippen LogP contribution in [-0.4, -0.2) is 41.5 Å². The Morgan fingerprint density at radius 3 is 2.92 bits per heavy atom. The Kier molecular flexibility index (Phi) is 6.45. The summed E-state index contributed by atoms with van der Waals surface area (Å²) in [6.07, 6.45) is 5.09. The molecule has 0 aliphatic carbocycles. The molecule has 1 saturated heterocycles. The van der Waals surface area contributed by atoms with Crippen LogP contribution >= 0.6 is 0 Å². The van der Waals surface area contributed by atoms with E-state index in [1.807, 2.05) is 30.3 Å². The molecule has 1 amide bonds. The van der Waals surface area contributed by atoms with Gasteiger partial charge in [-0.1, -0.05) is 30.3 Å². The van der Waals surface area contributed by atoms with Crippen LogP contribution in [0.2, 0.25) is 0 Å². The summed E-state index contributed by atoms with van der Waals surface area (Å²) in [4.78, 5) is 18.9. The molecule has 0 bridgehead atoms. The van der Waals surface area contributed by atoms with Gasteiger partial charge in [0, 0.05) is 37.5 Å². The summed E-state index contributed by atoms with van der Waals surface area (Å²) < 4.78 is 5.76. The van der Waals surface area contributed by atoms with Crippen molar-refractivity contribution in [1.82, 2.24) is 15.2 Å². The van der Waals surface area contributed by atoms with Gasteiger partial charge in [-0.15, -0.1) is 0 Å². The molecule has 3 rings (SSSR count). The molecule has 0 spiro atoms. The highest BCUT2D eigenvalue weighted by Crippen LogP contribution is 2.20. The molecule has 1 atom stereocenters. The van der Waals surface area contributed by atoms with Gasteiger partial charge in [-0.3, -0.25) is 4.79 Å². The second kappa shape index (κ2) is 8.99. The Hall–Kier alpha value is -2.14. The average Bonchev–Trinajstić information content (AvgIpc) is 3.15. The van der Waals surface area contributed by atoms with E-state index < -0.39 is 0 Å². The monoisotopic (exact) mass is 355 g/mol. The SMILES string of the molecule is CC(C)N1CCC[C@H](CNC(=O)CCc2ncc(-c3ccccc3)o2)C1. The van der Waals surface area contributed by atoms with E-state index in [0.29, 0.717) is 30.7 Å². The summed E-state index contributed by atoms with van der Waals surface area (Å²) in [6.45, 7) is 7.50. The van der Waals surface area contributed by atoms with E-state index in [0.717, 1.165) is 24.4 Å². The lowest BCUT2D eigenvalue weighted by Crippen LogP contribution is -2.43. The fourth-order valence-corrected chi connectivity index (χ4v) is 3.46. The minimum absolute atomic E-state index is 0.0751. The number of aromatic nitrogens is 1. The Labute approximate surface area is 155 Å². The Morgan fingerprint density at radius 1 is 1.35 bits per heavy atom. The third-order valence-corrected chi connectivity index (χ3v) is 5.05. The molecule has 0 unspecified atom stereocenters. The maximum Gasteiger partial charge on any atom is 0.220 e. The molecule has 5 heteroatoms. The van der Waals surface area contributed by atoms with Gasteiger partial charge < -0.3 is 14.6 Å². The fourth-order valence-electron chi connectivity index (χ4n) is 3.46. The number of hydrogen-bond acceptors (Lipinski definition) is 4. The van der Waals surface area contributed by atoms with Gasteiger partial charge in [0.15, 0.2) is 11.7 Å². The van der Waals surface area contributed by atoms with Crippen molar-refractivity contribution < 1.29 is 9.21 Å². The predicted molar refractivity (Wildman–Crippen MR) is 103 cm³/mol. The highest BCUT2D eigenvalue weighted by Gasteiger charge is 2.21. The number of oxazole rings is 1. The number of piperidine rings is 1. The predicted octanol–water partition coefficient (Wildman–Crippen LogP) is 3.51. The number of aryl methyl sites for hydroxylation is 1. The van der Waals surface area contributed by atoms with Crippen molar-refractivity contribution in [1.29, 1.82) is 0 Å². The quantitative estimate of drug-likeness (QED) is 0.826. The smallest absolute Gasteiger partial charge is 0.220 e. The summed E-state index contributed by atoms with van der Waals surface area (Å²) in [7, 11) is 0. The van der Waals surface area contributed by atoms with Crippen molar-refractivity contribution in [3.05, 3.63) is 42.4 Å². The van der Waals surface area contributed by atoms with Crippen LogP contribution in [0.15, 0.2) is 40.9 Å². The Bertz CT molecular complexity index is 696. The summed E-state index contributed by atoms with van der Waals surface area (Å²) in [5.74, 6) is 1.99. The third kappa shape index (κ3) is 5.18. The van der Waals surface area contributed by atoms with Crippen molar-refractivity contribution in [3.63, 3.8) is 0 Å². The highest BCUT2D eigenvalue weighted by atomic mass is 16.4. The van der Waals surface area contributed by atoms with Gasteiger partial charge in [0.1, 0.15) is 0 Å². The summed E-state index contributed by atoms with van der Waals surface area (Å²) >= 11 is 0. The average molecular weight is 355 g/mol. The Balaban J connectivity index is 1.41. The molecular formula is C21H29N3O2. The van der Waals surface area contributed by atoms with Crippen molar-refractivity contribution in [3.8, 4) is 11.3 Å². The van der Waals surface area contributed by atoms with Crippen molar-refractivity contribution in [2.75, 3.05) is 19.6 Å². The third-order valence-electron chi connectivity index (χ3n) is 5.05. The number of hydrogen-bond donors (Lipinski definition) is 1. The van der Waals surface area contributed by atoms with Gasteiger partial charge in [0.05, 0.1) is 6.20 Å². The molecular weight excluding hydrogens is 326 g/mol. The second-order valence-corrected chi connectivity index (χ2v) is 7.39. The van der Waals surface area contributed by atoms with Crippen LogP contribution in [0.5, 0.6) is 0 Å². The molecule has 1 aliphatic heterocycles. The first kappa shape index (κ1) is 18.6. The first-order chi connectivity index (χ1) is 12.6. The number of rotatable bonds is 7. The minimum atomic E-state index is 0.0751. The minimum Gasteiger partial charge on any atom is -0.441 e. The van der Waals surface area contributed by atoms with E-state index >= 15 is 0 Å². The van der Waals surface area contributed by atoms with Crippen LogP contribution in [0.1, 0.15) is 39.0 Å². The van der Waals surface area contributed by atoms with Crippen molar-refractivity contribution in [2.45, 2.75) is 45.6 Å². The van der Waals surface area contributed by atoms with Crippen LogP contribution < -0.4 is 5.32 Å². The van der Waals surface area contributed by atoms with Crippen LogP contribution in [0, 0.1) is 5.92 Å². The van der Waals surface area contributed by atoms with E-state index in [4.69, 9.17) is 4.42 Å². The Morgan fingerprint density at radius 2 is 2.15 bits per heavy atom. The molecule has 1 aromatic carbocycles. The molecule has 26 heavy (non-hydrogen) atoms. The van der Waals surface area contributed by atoms with E-state index in [1.165, 1.54) is 19.4 Å². The normalized spacial score (nSPS) is 18.2. The summed E-state index contributed by atoms with van der Waals surface area (Å²) in [5, 5.41) is 3.09. The molecule has 1 fully saturated rings. The molecule has 1 aromatic heterocycles. The maximum absolute atomic E-state index is 12.2. The molecule has 1 N–H and O–H groups in total. The topological polar surface area (TPSA) is 58.4 Å². The molecule has 140 valence electrons. The number of benzene rings is 1. The van der Waals surface area contributed by atoms with Crippen molar-refractivity contribution in [2.24, 2.45) is 5.92 Å². The fraction of sp³-hybridized carbons (Fsp3) is 0.524. The van der Waals surface area contributed by atoms with Crippen LogP contribution in [0.3, 0.4) is 0 Å². The molecule has 5 nitrogen and oxygen atoms in total. The molecule has 1 aliphatic rings. The lowest BCUT2D eigenvalue weighted by atomic mass is 9.97. The van der Waals surface area contributed by atoms with E-state index in [9.17, 15) is 4.79 Å². The van der Waals surface area contributed by atoms with Crippen LogP contribution in [-0.2, 0) is 11.2 Å². The lowest BCUT2D eigenvalue weighted by Gasteiger charge is -2.35. The van der Waals surface area contributed by atoms with Crippen LogP contribution in [0.25, 0.3) is 11.3 Å². The standard InChI is InChI=1S/C21H29N3O2/c1-16(2)24-12-6-7-17(15-24)13-22-20(25)10-11-21-23-14-19(26-21)18-8-4-3-5-9-18/h3-5,8-9,14,16-17H,6-7,10-13,15H2,1-2H3,(H,22,25)/t17-/m1/s1. The highest BCUT2D eigenvalue weighted by molar-refractivity contribution is 5.76. The number of carbonyl (C=O) groups excluding carboxylic acids is 1. The second-order valence-electron chi connectivity index (χ2n) is 7.39. The summed E-state index contributed by atoms with van der Waals surface area (Å²) in [6, 6.07) is 10.5. The van der Waals surface area contributed by atoms with Crippen LogP contribution in [0.4, 0.5) is 0 Å². The van der Waals surface area contributed by atoms with E-state index in [-0.39, 0.29) is 5.91 Å². The maximum atomic E-state index is 12.2. The summed E-state index contributed by atoms with van der Waals surface area (Å²) in [5.41, 5.74) is 1.00. The van der Waals surface area contributed by atoms with Gasteiger partial charge in [-0.05, 0) is 39.2 Å². The van der Waals surface area contributed by atoms with Crippen molar-refractivity contribution >= 4 is 5.91 Å². The van der Waals surface area contributed by atoms with Gasteiger partial charge >= 0.3 is 0 Å². The van der Waals surface area contributed by atoms with E-state index in [1.54, 1.807) is 6.20 Å². The number of amides is 1. The molecule has 0 saturated carbocycles. The van der Waals surface area contributed by atoms with E-state index in [2.05, 4.69) is 29.0 Å². The molecule has 0 radical (unpaired) electrons. The molecule has 2 aromatic rings. The zero-order valence-electron chi connectivity index (χ0n) is 15.8. The largest absolute Gasteiger partial charge is 0.441 e. The zero-order valence-corrected chi connectivity index (χ0v) is 15.8. The van der Waals surface area contributed by atoms with Gasteiger partial charge in [-0.25, -0.2) is 4.98 Å². The van der Waals surface area contributed by atoms with Gasteiger partial charge in [0.2, 0.25) is 5.91 Å². The number of nitrogens with zero attached hydrogens (tertiary/aromatic N) is 2. The first-order valence-electron chi connectivity index (χ1n) is 9.62. The van der Waals surface area contributed by atoms with Gasteiger partial charge in [-0.2, -0.15) is 0 Å². The first-order valence-corrected chi connectivity index (χ1v) is 9.62. The number of carbonyl (C=O) groups is 1. The zero-order chi connectivity index (χ0) is 18.4. The number of likely N-dealkylation sites (tertiary alicyclic amines) is 1. The number of nitrogens with one attached hydrogen (secondary N) is 1. The molecule has 2 heterocycles. The van der Waals surface area contributed by atoms with Gasteiger partial charge in [0.25, 0.3) is 0 Å². The lowest BCUT2D eigenvalue weighted by molar-refractivity contribution is -0.121.